The number of thiazole rings is 1. The minimum absolute atomic E-state index is 0.0296. The third-order valence-electron chi connectivity index (χ3n) is 8.17. The molecule has 1 unspecified atom stereocenters. The molecule has 0 spiro atoms. The van der Waals surface area contributed by atoms with Crippen molar-refractivity contribution in [3.8, 4) is 5.82 Å². The smallest absolute Gasteiger partial charge is 0.332 e. The van der Waals surface area contributed by atoms with Crippen LogP contribution in [0.3, 0.4) is 0 Å². The molecule has 0 saturated carbocycles. The standard InChI is InChI=1S/C36H35N7O4S2/c1-5-22-8-12-27-24(16-22)10-9-23-15-21(3)7-11-26(23)32(27)28-18-43(36(46)41-33(28)48)29-13-14-37-34(39-29)42(4)19-30(44)40-35-38-25(20-49-35)17-31(45)47-6-2/h7-16,18,20,32H,5-6,17,19H2,1-4H3,(H,38,40,44)(H,41,46,48). The number of likely N-dealkylation sites (N-methyl/N-ethyl adjacent to an activating group) is 1. The Morgan fingerprint density at radius 1 is 1.06 bits per heavy atom. The average Bonchev–Trinajstić information content (AvgIpc) is 3.44. The van der Waals surface area contributed by atoms with Gasteiger partial charge in [-0.05, 0) is 48.1 Å². The van der Waals surface area contributed by atoms with E-state index in [0.717, 1.165) is 39.8 Å². The van der Waals surface area contributed by atoms with Crippen LogP contribution in [0, 0.1) is 11.6 Å². The quantitative estimate of drug-likeness (QED) is 0.134. The van der Waals surface area contributed by atoms with E-state index in [1.54, 1.807) is 36.5 Å². The molecule has 6 rings (SSSR count). The Morgan fingerprint density at radius 3 is 2.57 bits per heavy atom. The maximum atomic E-state index is 13.4. The average molecular weight is 694 g/mol. The summed E-state index contributed by atoms with van der Waals surface area (Å²) in [6, 6.07) is 14.5. The van der Waals surface area contributed by atoms with E-state index in [2.05, 4.69) is 87.7 Å². The van der Waals surface area contributed by atoms with Crippen molar-refractivity contribution in [3.05, 3.63) is 120 Å². The molecular weight excluding hydrogens is 659 g/mol. The number of aromatic amines is 1. The Kier molecular flexibility index (Phi) is 9.92. The van der Waals surface area contributed by atoms with Crippen molar-refractivity contribution in [2.24, 2.45) is 0 Å². The normalized spacial score (nSPS) is 13.3. The molecule has 0 radical (unpaired) electrons. The summed E-state index contributed by atoms with van der Waals surface area (Å²) in [7, 11) is 1.68. The van der Waals surface area contributed by atoms with E-state index in [1.165, 1.54) is 27.7 Å². The highest BCUT2D eigenvalue weighted by atomic mass is 32.1. The van der Waals surface area contributed by atoms with Crippen LogP contribution < -0.4 is 15.9 Å². The Labute approximate surface area is 292 Å². The first kappa shape index (κ1) is 33.6. The molecule has 0 aliphatic heterocycles. The van der Waals surface area contributed by atoms with Crippen molar-refractivity contribution in [2.75, 3.05) is 30.4 Å². The SMILES string of the molecule is CCOC(=O)Cc1csc(NC(=O)CN(C)c2nccc(-n3cc(C4c5ccc(C)cc5C=Cc5cc(CC)ccc54)c(=S)[nH]c3=O)n2)n1. The first-order valence-corrected chi connectivity index (χ1v) is 17.1. The van der Waals surface area contributed by atoms with E-state index >= 15 is 0 Å². The fraction of sp³-hybridized carbons (Fsp3) is 0.250. The van der Waals surface area contributed by atoms with Gasteiger partial charge in [0.05, 0.1) is 25.3 Å². The van der Waals surface area contributed by atoms with Crippen LogP contribution in [0.1, 0.15) is 64.4 Å². The topological polar surface area (TPSA) is 135 Å². The number of carbonyl (C=O) groups excluding carboxylic acids is 2. The highest BCUT2D eigenvalue weighted by molar-refractivity contribution is 7.71. The molecule has 0 fully saturated rings. The van der Waals surface area contributed by atoms with Gasteiger partial charge in [0, 0.05) is 42.4 Å². The van der Waals surface area contributed by atoms with Crippen molar-refractivity contribution in [3.63, 3.8) is 0 Å². The summed E-state index contributed by atoms with van der Waals surface area (Å²) in [6.45, 7) is 6.14. The Hall–Kier alpha value is -5.27. The summed E-state index contributed by atoms with van der Waals surface area (Å²) < 4.78 is 6.74. The summed E-state index contributed by atoms with van der Waals surface area (Å²) in [5, 5.41) is 4.81. The molecule has 49 heavy (non-hydrogen) atoms. The Morgan fingerprint density at radius 2 is 1.82 bits per heavy atom. The van der Waals surface area contributed by atoms with Gasteiger partial charge in [0.15, 0.2) is 5.13 Å². The Bertz CT molecular complexity index is 2200. The number of rotatable bonds is 10. The molecule has 250 valence electrons. The molecule has 1 aliphatic carbocycles. The van der Waals surface area contributed by atoms with Crippen LogP contribution in [0.15, 0.2) is 65.0 Å². The van der Waals surface area contributed by atoms with E-state index < -0.39 is 5.69 Å². The van der Waals surface area contributed by atoms with Gasteiger partial charge < -0.3 is 15.0 Å². The van der Waals surface area contributed by atoms with E-state index in [1.807, 2.05) is 0 Å². The van der Waals surface area contributed by atoms with Crippen LogP contribution in [0.2, 0.25) is 0 Å². The first-order valence-electron chi connectivity index (χ1n) is 15.8. The van der Waals surface area contributed by atoms with E-state index in [4.69, 9.17) is 17.0 Å². The second kappa shape index (κ2) is 14.5. The molecule has 1 amide bonds. The number of anilines is 2. The van der Waals surface area contributed by atoms with Crippen LogP contribution in [0.25, 0.3) is 18.0 Å². The number of ether oxygens (including phenoxy) is 1. The van der Waals surface area contributed by atoms with Crippen LogP contribution in [0.5, 0.6) is 0 Å². The predicted molar refractivity (Wildman–Crippen MR) is 194 cm³/mol. The molecule has 0 bridgehead atoms. The summed E-state index contributed by atoms with van der Waals surface area (Å²) in [5.74, 6) is -0.426. The lowest BCUT2D eigenvalue weighted by atomic mass is 9.82. The molecule has 5 aromatic rings. The third kappa shape index (κ3) is 7.42. The number of nitrogens with one attached hydrogen (secondary N) is 2. The zero-order valence-corrected chi connectivity index (χ0v) is 29.2. The number of hydrogen-bond donors (Lipinski definition) is 2. The minimum atomic E-state index is -0.446. The van der Waals surface area contributed by atoms with Gasteiger partial charge in [-0.15, -0.1) is 11.3 Å². The molecule has 2 aromatic carbocycles. The van der Waals surface area contributed by atoms with Gasteiger partial charge in [0.2, 0.25) is 11.9 Å². The number of hydrogen-bond acceptors (Lipinski definition) is 10. The van der Waals surface area contributed by atoms with Crippen LogP contribution in [-0.4, -0.2) is 56.6 Å². The monoisotopic (exact) mass is 693 g/mol. The van der Waals surface area contributed by atoms with E-state index in [-0.39, 0.29) is 43.3 Å². The van der Waals surface area contributed by atoms with Crippen molar-refractivity contribution in [1.82, 2.24) is 24.5 Å². The number of H-pyrrole nitrogens is 1. The van der Waals surface area contributed by atoms with Crippen molar-refractivity contribution < 1.29 is 14.3 Å². The highest BCUT2D eigenvalue weighted by Gasteiger charge is 2.26. The van der Waals surface area contributed by atoms with Gasteiger partial charge in [-0.2, -0.15) is 4.98 Å². The number of fused-ring (bicyclic) bond motifs is 2. The molecule has 3 aromatic heterocycles. The number of aryl methyl sites for hydroxylation is 2. The largest absolute Gasteiger partial charge is 0.466 e. The zero-order valence-electron chi connectivity index (χ0n) is 27.5. The lowest BCUT2D eigenvalue weighted by Gasteiger charge is -2.23. The number of esters is 1. The van der Waals surface area contributed by atoms with Crippen LogP contribution >= 0.6 is 23.6 Å². The molecule has 1 aliphatic rings. The highest BCUT2D eigenvalue weighted by Crippen LogP contribution is 2.40. The first-order chi connectivity index (χ1) is 23.6. The minimum Gasteiger partial charge on any atom is -0.466 e. The number of carbonyl (C=O) groups is 2. The summed E-state index contributed by atoms with van der Waals surface area (Å²) >= 11 is 7.02. The molecule has 0 saturated heterocycles. The summed E-state index contributed by atoms with van der Waals surface area (Å²) in [5.41, 5.74) is 7.56. The van der Waals surface area contributed by atoms with Gasteiger partial charge >= 0.3 is 11.7 Å². The number of benzene rings is 2. The maximum Gasteiger partial charge on any atom is 0.332 e. The summed E-state index contributed by atoms with van der Waals surface area (Å²) in [6.07, 6.45) is 8.53. The second-order valence-corrected chi connectivity index (χ2v) is 12.9. The Balaban J connectivity index is 1.29. The second-order valence-electron chi connectivity index (χ2n) is 11.7. The zero-order chi connectivity index (χ0) is 34.7. The molecular formula is C36H35N7O4S2. The van der Waals surface area contributed by atoms with Gasteiger partial charge in [-0.1, -0.05) is 73.3 Å². The van der Waals surface area contributed by atoms with Gasteiger partial charge in [-0.25, -0.2) is 14.8 Å². The van der Waals surface area contributed by atoms with E-state index in [9.17, 15) is 14.4 Å². The van der Waals surface area contributed by atoms with Crippen LogP contribution in [0.4, 0.5) is 11.1 Å². The lowest BCUT2D eigenvalue weighted by Crippen LogP contribution is -2.32. The van der Waals surface area contributed by atoms with Gasteiger partial charge in [0.25, 0.3) is 0 Å². The van der Waals surface area contributed by atoms with Crippen molar-refractivity contribution >= 4 is 58.7 Å². The number of amides is 1. The van der Waals surface area contributed by atoms with Gasteiger partial charge in [0.1, 0.15) is 10.5 Å². The van der Waals surface area contributed by atoms with E-state index in [0.29, 0.717) is 21.3 Å². The molecule has 13 heteroatoms. The van der Waals surface area contributed by atoms with Crippen molar-refractivity contribution in [2.45, 2.75) is 39.5 Å². The third-order valence-corrected chi connectivity index (χ3v) is 9.32. The lowest BCUT2D eigenvalue weighted by molar-refractivity contribution is -0.142. The molecule has 11 nitrogen and oxygen atoms in total. The summed E-state index contributed by atoms with van der Waals surface area (Å²) in [4.78, 5) is 55.8. The fourth-order valence-electron chi connectivity index (χ4n) is 5.80. The molecule has 3 heterocycles. The maximum absolute atomic E-state index is 13.4. The number of nitrogens with zero attached hydrogens (tertiary/aromatic N) is 5. The molecule has 2 N–H and O–H groups in total. The predicted octanol–water partition coefficient (Wildman–Crippen LogP) is 5.86. The molecule has 1 atom stereocenters. The number of aromatic nitrogens is 5. The van der Waals surface area contributed by atoms with Crippen LogP contribution in [-0.2, 0) is 27.2 Å². The van der Waals surface area contributed by atoms with Gasteiger partial charge in [-0.3, -0.25) is 19.1 Å². The van der Waals surface area contributed by atoms with Crippen molar-refractivity contribution in [1.29, 1.82) is 0 Å². The fourth-order valence-corrected chi connectivity index (χ4v) is 6.79.